The number of sulfonamides is 1. The Hall–Kier alpha value is 0.220. The molecular formula is C9H20N2O2S2. The first kappa shape index (κ1) is 13.3. The van der Waals surface area contributed by atoms with E-state index in [4.69, 9.17) is 5.14 Å². The molecule has 0 atom stereocenters. The zero-order valence-electron chi connectivity index (χ0n) is 9.11. The predicted molar refractivity (Wildman–Crippen MR) is 65.5 cm³/mol. The van der Waals surface area contributed by atoms with Crippen LogP contribution < -0.4 is 10.5 Å². The quantitative estimate of drug-likeness (QED) is 0.749. The number of nitrogens with two attached hydrogens (primary N) is 1. The van der Waals surface area contributed by atoms with Gasteiger partial charge in [0.2, 0.25) is 10.0 Å². The van der Waals surface area contributed by atoms with Gasteiger partial charge in [-0.1, -0.05) is 0 Å². The molecule has 0 amide bonds. The molecule has 0 spiro atoms. The Morgan fingerprint density at radius 3 is 2.40 bits per heavy atom. The average molecular weight is 252 g/mol. The van der Waals surface area contributed by atoms with Gasteiger partial charge in [0.05, 0.1) is 5.75 Å². The summed E-state index contributed by atoms with van der Waals surface area (Å²) in [6.07, 6.45) is 6.91. The smallest absolute Gasteiger partial charge is 0.210 e. The number of thioether (sulfide) groups is 1. The molecule has 15 heavy (non-hydrogen) atoms. The van der Waals surface area contributed by atoms with Crippen LogP contribution in [-0.4, -0.2) is 38.3 Å². The third-order valence-corrected chi connectivity index (χ3v) is 4.74. The number of primary sulfonamides is 1. The van der Waals surface area contributed by atoms with Gasteiger partial charge in [-0.15, -0.1) is 0 Å². The van der Waals surface area contributed by atoms with Gasteiger partial charge in [0.25, 0.3) is 0 Å². The van der Waals surface area contributed by atoms with Crippen LogP contribution in [0.5, 0.6) is 0 Å². The molecule has 0 aromatic heterocycles. The summed E-state index contributed by atoms with van der Waals surface area (Å²) in [5.41, 5.74) is 0. The molecule has 1 fully saturated rings. The van der Waals surface area contributed by atoms with Gasteiger partial charge in [0.1, 0.15) is 0 Å². The molecule has 0 radical (unpaired) electrons. The van der Waals surface area contributed by atoms with Crippen LogP contribution in [0.25, 0.3) is 0 Å². The van der Waals surface area contributed by atoms with Gasteiger partial charge < -0.3 is 5.32 Å². The zero-order valence-corrected chi connectivity index (χ0v) is 10.7. The fourth-order valence-electron chi connectivity index (χ4n) is 1.91. The molecule has 3 N–H and O–H groups in total. The molecule has 0 aromatic carbocycles. The first-order valence-corrected chi connectivity index (χ1v) is 8.28. The van der Waals surface area contributed by atoms with E-state index in [2.05, 4.69) is 11.6 Å². The standard InChI is InChI=1S/C9H20N2O2S2/c1-14-9-4-2-8(3-5-9)11-6-7-15(10,12)13/h8-9,11H,2-7H2,1H3,(H2,10,12,13). The Morgan fingerprint density at radius 2 is 1.93 bits per heavy atom. The monoisotopic (exact) mass is 252 g/mol. The van der Waals surface area contributed by atoms with Crippen LogP contribution in [0.4, 0.5) is 0 Å². The second kappa shape index (κ2) is 6.08. The fraction of sp³-hybridized carbons (Fsp3) is 1.00. The lowest BCUT2D eigenvalue weighted by molar-refractivity contribution is 0.387. The van der Waals surface area contributed by atoms with Gasteiger partial charge >= 0.3 is 0 Å². The van der Waals surface area contributed by atoms with Crippen LogP contribution in [0.3, 0.4) is 0 Å². The van der Waals surface area contributed by atoms with Crippen LogP contribution in [-0.2, 0) is 10.0 Å². The lowest BCUT2D eigenvalue weighted by Crippen LogP contribution is -2.37. The summed E-state index contributed by atoms with van der Waals surface area (Å²) >= 11 is 1.93. The number of hydrogen-bond donors (Lipinski definition) is 2. The van der Waals surface area contributed by atoms with E-state index in [1.807, 2.05) is 11.8 Å². The summed E-state index contributed by atoms with van der Waals surface area (Å²) in [7, 11) is -3.31. The maximum absolute atomic E-state index is 10.7. The molecule has 4 nitrogen and oxygen atoms in total. The molecule has 90 valence electrons. The highest BCUT2D eigenvalue weighted by Gasteiger charge is 2.19. The van der Waals surface area contributed by atoms with Gasteiger partial charge in [-0.25, -0.2) is 13.6 Å². The van der Waals surface area contributed by atoms with E-state index < -0.39 is 10.0 Å². The highest BCUT2D eigenvalue weighted by atomic mass is 32.2. The average Bonchev–Trinajstić information content (AvgIpc) is 2.17. The minimum absolute atomic E-state index is 0.0372. The highest BCUT2D eigenvalue weighted by molar-refractivity contribution is 7.99. The Kier molecular flexibility index (Phi) is 5.38. The number of rotatable bonds is 5. The van der Waals surface area contributed by atoms with Gasteiger partial charge in [0.15, 0.2) is 0 Å². The van der Waals surface area contributed by atoms with E-state index >= 15 is 0 Å². The molecule has 0 heterocycles. The van der Waals surface area contributed by atoms with Crippen molar-refractivity contribution in [3.05, 3.63) is 0 Å². The van der Waals surface area contributed by atoms with E-state index in [0.29, 0.717) is 12.6 Å². The van der Waals surface area contributed by atoms with Gasteiger partial charge in [-0.2, -0.15) is 11.8 Å². The number of nitrogens with one attached hydrogen (secondary N) is 1. The van der Waals surface area contributed by atoms with Crippen molar-refractivity contribution >= 4 is 21.8 Å². The molecule has 1 aliphatic carbocycles. The minimum Gasteiger partial charge on any atom is -0.313 e. The molecular weight excluding hydrogens is 232 g/mol. The normalized spacial score (nSPS) is 27.9. The van der Waals surface area contributed by atoms with Crippen LogP contribution in [0, 0.1) is 0 Å². The van der Waals surface area contributed by atoms with Crippen molar-refractivity contribution in [1.29, 1.82) is 0 Å². The van der Waals surface area contributed by atoms with Crippen molar-refractivity contribution in [2.45, 2.75) is 37.0 Å². The fourth-order valence-corrected chi connectivity index (χ4v) is 3.05. The Labute approximate surface area is 96.4 Å². The summed E-state index contributed by atoms with van der Waals surface area (Å²) in [6, 6.07) is 0.482. The second-order valence-corrected chi connectivity index (χ2v) is 6.90. The van der Waals surface area contributed by atoms with E-state index in [-0.39, 0.29) is 5.75 Å². The summed E-state index contributed by atoms with van der Waals surface area (Å²) in [5.74, 6) is 0.0372. The number of hydrogen-bond acceptors (Lipinski definition) is 4. The van der Waals surface area contributed by atoms with Gasteiger partial charge in [-0.3, -0.25) is 0 Å². The van der Waals surface area contributed by atoms with Gasteiger partial charge in [0, 0.05) is 17.8 Å². The van der Waals surface area contributed by atoms with Crippen LogP contribution >= 0.6 is 11.8 Å². The predicted octanol–water partition coefficient (Wildman–Crippen LogP) is 0.539. The summed E-state index contributed by atoms with van der Waals surface area (Å²) in [4.78, 5) is 0. The first-order chi connectivity index (χ1) is 7.01. The summed E-state index contributed by atoms with van der Waals surface area (Å²) in [6.45, 7) is 0.480. The molecule has 0 aliphatic heterocycles. The molecule has 0 bridgehead atoms. The summed E-state index contributed by atoms with van der Waals surface area (Å²) < 4.78 is 21.4. The van der Waals surface area contributed by atoms with Crippen LogP contribution in [0.1, 0.15) is 25.7 Å². The first-order valence-electron chi connectivity index (χ1n) is 5.28. The SMILES string of the molecule is CSC1CCC(NCCS(N)(=O)=O)CC1. The third kappa shape index (κ3) is 5.75. The van der Waals surface area contributed by atoms with Crippen molar-refractivity contribution in [2.75, 3.05) is 18.6 Å². The lowest BCUT2D eigenvalue weighted by atomic mass is 9.95. The molecule has 0 unspecified atom stereocenters. The minimum atomic E-state index is -3.31. The second-order valence-electron chi connectivity index (χ2n) is 4.03. The lowest BCUT2D eigenvalue weighted by Gasteiger charge is -2.28. The largest absolute Gasteiger partial charge is 0.313 e. The maximum atomic E-state index is 10.7. The topological polar surface area (TPSA) is 72.2 Å². The van der Waals surface area contributed by atoms with Crippen molar-refractivity contribution in [2.24, 2.45) is 5.14 Å². The van der Waals surface area contributed by atoms with E-state index in [1.54, 1.807) is 0 Å². The van der Waals surface area contributed by atoms with Crippen LogP contribution in [0.15, 0.2) is 0 Å². The Bertz CT molecular complexity index is 272. The molecule has 1 aliphatic rings. The van der Waals surface area contributed by atoms with E-state index in [1.165, 1.54) is 12.8 Å². The molecule has 1 rings (SSSR count). The molecule has 0 saturated heterocycles. The highest BCUT2D eigenvalue weighted by Crippen LogP contribution is 2.26. The van der Waals surface area contributed by atoms with Crippen molar-refractivity contribution in [3.63, 3.8) is 0 Å². The Balaban J connectivity index is 2.14. The van der Waals surface area contributed by atoms with Crippen LogP contribution in [0.2, 0.25) is 0 Å². The van der Waals surface area contributed by atoms with Crippen molar-refractivity contribution < 1.29 is 8.42 Å². The zero-order chi connectivity index (χ0) is 11.3. The van der Waals surface area contributed by atoms with E-state index in [0.717, 1.165) is 18.1 Å². The maximum Gasteiger partial charge on any atom is 0.210 e. The third-order valence-electron chi connectivity index (χ3n) is 2.83. The Morgan fingerprint density at radius 1 is 1.33 bits per heavy atom. The van der Waals surface area contributed by atoms with E-state index in [9.17, 15) is 8.42 Å². The van der Waals surface area contributed by atoms with Crippen molar-refractivity contribution in [3.8, 4) is 0 Å². The molecule has 1 saturated carbocycles. The molecule has 0 aromatic rings. The molecule has 6 heteroatoms. The van der Waals surface area contributed by atoms with Gasteiger partial charge in [-0.05, 0) is 31.9 Å². The summed E-state index contributed by atoms with van der Waals surface area (Å²) in [5, 5.41) is 8.97. The van der Waals surface area contributed by atoms with Crippen molar-refractivity contribution in [1.82, 2.24) is 5.32 Å².